The first-order valence-corrected chi connectivity index (χ1v) is 7.06. The number of nitrogens with two attached hydrogens (primary N) is 1. The molecule has 3 N–H and O–H groups in total. The van der Waals surface area contributed by atoms with Crippen LogP contribution in [0.4, 0.5) is 0 Å². The Morgan fingerprint density at radius 1 is 1.38 bits per heavy atom. The van der Waals surface area contributed by atoms with Crippen LogP contribution in [0.25, 0.3) is 0 Å². The lowest BCUT2D eigenvalue weighted by atomic mass is 9.72. The molecule has 2 fully saturated rings. The Bertz CT molecular complexity index is 548. The number of benzene rings is 1. The first-order chi connectivity index (χ1) is 10.2. The Balaban J connectivity index is 1.77. The molecule has 4 atom stereocenters. The predicted molar refractivity (Wildman–Crippen MR) is 76.6 cm³/mol. The molecule has 1 heterocycles. The molecule has 1 aromatic rings. The van der Waals surface area contributed by atoms with Gasteiger partial charge in [-0.05, 0) is 18.6 Å². The van der Waals surface area contributed by atoms with E-state index in [0.717, 1.165) is 13.0 Å². The molecule has 0 aromatic heterocycles. The fraction of sp³-hybridized carbons (Fsp3) is 0.533. The number of methoxy groups -OCH3 is 2. The molecule has 1 saturated heterocycles. The number of para-hydroxylation sites is 1. The van der Waals surface area contributed by atoms with E-state index < -0.39 is 0 Å². The molecular formula is C15H20N2O4. The number of hydrogen-bond donors (Lipinski definition) is 2. The molecule has 114 valence electrons. The first-order valence-electron chi connectivity index (χ1n) is 7.06. The molecule has 4 unspecified atom stereocenters. The van der Waals surface area contributed by atoms with Gasteiger partial charge >= 0.3 is 0 Å². The maximum Gasteiger partial charge on any atom is 0.255 e. The molecule has 0 spiro atoms. The van der Waals surface area contributed by atoms with Crippen LogP contribution in [0.1, 0.15) is 16.8 Å². The van der Waals surface area contributed by atoms with Gasteiger partial charge in [0.25, 0.3) is 5.91 Å². The largest absolute Gasteiger partial charge is 0.493 e. The summed E-state index contributed by atoms with van der Waals surface area (Å²) < 4.78 is 16.1. The highest BCUT2D eigenvalue weighted by molar-refractivity contribution is 5.98. The summed E-state index contributed by atoms with van der Waals surface area (Å²) in [5.74, 6) is 1.09. The van der Waals surface area contributed by atoms with Crippen molar-refractivity contribution in [2.75, 3.05) is 20.8 Å². The molecule has 1 amide bonds. The molecule has 1 saturated carbocycles. The zero-order valence-electron chi connectivity index (χ0n) is 12.2. The van der Waals surface area contributed by atoms with Crippen LogP contribution < -0.4 is 20.5 Å². The SMILES string of the molecule is COc1cccc(C(=O)NC2C(N)C3CCOC32)c1OC. The van der Waals surface area contributed by atoms with Crippen LogP contribution >= 0.6 is 0 Å². The van der Waals surface area contributed by atoms with Crippen molar-refractivity contribution in [1.82, 2.24) is 5.32 Å². The second kappa shape index (κ2) is 5.54. The summed E-state index contributed by atoms with van der Waals surface area (Å²) >= 11 is 0. The van der Waals surface area contributed by atoms with Crippen LogP contribution in [0, 0.1) is 5.92 Å². The third kappa shape index (κ3) is 2.24. The number of ether oxygens (including phenoxy) is 3. The molecule has 1 aliphatic carbocycles. The van der Waals surface area contributed by atoms with Crippen LogP contribution in [0.15, 0.2) is 18.2 Å². The standard InChI is InChI=1S/C15H20N2O4/c1-19-10-5-3-4-9(13(10)20-2)15(18)17-12-11(16)8-6-7-21-14(8)12/h3-5,8,11-12,14H,6-7,16H2,1-2H3,(H,17,18). The van der Waals surface area contributed by atoms with E-state index >= 15 is 0 Å². The molecule has 2 aliphatic rings. The van der Waals surface area contributed by atoms with Gasteiger partial charge in [-0.15, -0.1) is 0 Å². The summed E-state index contributed by atoms with van der Waals surface area (Å²) in [6.45, 7) is 0.720. The van der Waals surface area contributed by atoms with Crippen molar-refractivity contribution in [1.29, 1.82) is 0 Å². The number of hydrogen-bond acceptors (Lipinski definition) is 5. The number of nitrogens with one attached hydrogen (secondary N) is 1. The Morgan fingerprint density at radius 2 is 2.19 bits per heavy atom. The summed E-state index contributed by atoms with van der Waals surface area (Å²) in [4.78, 5) is 12.5. The molecule has 21 heavy (non-hydrogen) atoms. The monoisotopic (exact) mass is 292 g/mol. The number of carbonyl (C=O) groups excluding carboxylic acids is 1. The third-order valence-corrected chi connectivity index (χ3v) is 4.39. The van der Waals surface area contributed by atoms with Gasteiger partial charge in [-0.2, -0.15) is 0 Å². The van der Waals surface area contributed by atoms with E-state index in [1.165, 1.54) is 7.11 Å². The van der Waals surface area contributed by atoms with Crippen molar-refractivity contribution in [3.63, 3.8) is 0 Å². The molecule has 6 nitrogen and oxygen atoms in total. The fourth-order valence-corrected chi connectivity index (χ4v) is 3.22. The van der Waals surface area contributed by atoms with Crippen LogP contribution in [0.5, 0.6) is 11.5 Å². The van der Waals surface area contributed by atoms with E-state index in [1.54, 1.807) is 25.3 Å². The summed E-state index contributed by atoms with van der Waals surface area (Å²) in [5, 5.41) is 2.96. The van der Waals surface area contributed by atoms with E-state index in [9.17, 15) is 4.79 Å². The lowest BCUT2D eigenvalue weighted by Gasteiger charge is -2.45. The minimum Gasteiger partial charge on any atom is -0.493 e. The average molecular weight is 292 g/mol. The minimum absolute atomic E-state index is 0.0422. The molecule has 6 heteroatoms. The molecule has 1 aliphatic heterocycles. The van der Waals surface area contributed by atoms with Gasteiger partial charge in [0.05, 0.1) is 31.9 Å². The van der Waals surface area contributed by atoms with E-state index in [4.69, 9.17) is 19.9 Å². The normalized spacial score (nSPS) is 30.2. The summed E-state index contributed by atoms with van der Waals surface area (Å²) in [6, 6.07) is 5.03. The smallest absolute Gasteiger partial charge is 0.255 e. The summed E-state index contributed by atoms with van der Waals surface area (Å²) in [6.07, 6.45) is 1.02. The van der Waals surface area contributed by atoms with Crippen molar-refractivity contribution in [2.45, 2.75) is 24.6 Å². The van der Waals surface area contributed by atoms with Crippen LogP contribution in [0.3, 0.4) is 0 Å². The highest BCUT2D eigenvalue weighted by Gasteiger charge is 2.52. The Hall–Kier alpha value is -1.79. The maximum atomic E-state index is 12.5. The van der Waals surface area contributed by atoms with E-state index in [0.29, 0.717) is 23.0 Å². The molecule has 0 bridgehead atoms. The van der Waals surface area contributed by atoms with E-state index in [1.807, 2.05) is 0 Å². The highest BCUT2D eigenvalue weighted by atomic mass is 16.5. The lowest BCUT2D eigenvalue weighted by Crippen LogP contribution is -2.68. The predicted octanol–water partition coefficient (Wildman–Crippen LogP) is 0.548. The zero-order valence-corrected chi connectivity index (χ0v) is 12.2. The molecule has 0 radical (unpaired) electrons. The van der Waals surface area contributed by atoms with Crippen molar-refractivity contribution in [2.24, 2.45) is 11.7 Å². The van der Waals surface area contributed by atoms with Gasteiger partial charge in [0, 0.05) is 18.6 Å². The Kier molecular flexibility index (Phi) is 3.73. The van der Waals surface area contributed by atoms with Gasteiger partial charge < -0.3 is 25.3 Å². The van der Waals surface area contributed by atoms with Gasteiger partial charge in [-0.3, -0.25) is 4.79 Å². The van der Waals surface area contributed by atoms with Crippen molar-refractivity contribution < 1.29 is 19.0 Å². The van der Waals surface area contributed by atoms with Gasteiger partial charge in [-0.25, -0.2) is 0 Å². The second-order valence-corrected chi connectivity index (χ2v) is 5.41. The highest BCUT2D eigenvalue weighted by Crippen LogP contribution is 2.38. The van der Waals surface area contributed by atoms with Crippen molar-refractivity contribution >= 4 is 5.91 Å². The number of carbonyl (C=O) groups is 1. The van der Waals surface area contributed by atoms with Crippen LogP contribution in [-0.4, -0.2) is 44.9 Å². The average Bonchev–Trinajstić information content (AvgIpc) is 2.96. The number of amides is 1. The van der Waals surface area contributed by atoms with E-state index in [-0.39, 0.29) is 24.1 Å². The first kappa shape index (κ1) is 14.2. The second-order valence-electron chi connectivity index (χ2n) is 5.41. The van der Waals surface area contributed by atoms with Gasteiger partial charge in [0.2, 0.25) is 0 Å². The quantitative estimate of drug-likeness (QED) is 0.847. The number of fused-ring (bicyclic) bond motifs is 1. The van der Waals surface area contributed by atoms with Crippen LogP contribution in [0.2, 0.25) is 0 Å². The van der Waals surface area contributed by atoms with Crippen LogP contribution in [-0.2, 0) is 4.74 Å². The summed E-state index contributed by atoms with van der Waals surface area (Å²) in [7, 11) is 3.05. The maximum absolute atomic E-state index is 12.5. The molecule has 1 aromatic carbocycles. The Morgan fingerprint density at radius 3 is 2.90 bits per heavy atom. The molecular weight excluding hydrogens is 272 g/mol. The zero-order chi connectivity index (χ0) is 15.0. The Labute approximate surface area is 123 Å². The van der Waals surface area contributed by atoms with Gasteiger partial charge in [0.15, 0.2) is 11.5 Å². The van der Waals surface area contributed by atoms with Crippen molar-refractivity contribution in [3.05, 3.63) is 23.8 Å². The number of rotatable bonds is 4. The fourth-order valence-electron chi connectivity index (χ4n) is 3.22. The third-order valence-electron chi connectivity index (χ3n) is 4.39. The lowest BCUT2D eigenvalue weighted by molar-refractivity contribution is -0.0161. The van der Waals surface area contributed by atoms with Gasteiger partial charge in [0.1, 0.15) is 0 Å². The topological polar surface area (TPSA) is 82.8 Å². The molecule has 3 rings (SSSR count). The van der Waals surface area contributed by atoms with E-state index in [2.05, 4.69) is 5.32 Å². The van der Waals surface area contributed by atoms with Crippen molar-refractivity contribution in [3.8, 4) is 11.5 Å². The van der Waals surface area contributed by atoms with Gasteiger partial charge in [-0.1, -0.05) is 6.07 Å². The summed E-state index contributed by atoms with van der Waals surface area (Å²) in [5.41, 5.74) is 6.55. The minimum atomic E-state index is -0.222.